The SMILES string of the molecule is CCc1ccc(N(CC(=O)N(Cc2ccc(Cl)cc2)C(Cc2ccccc2)C(=O)NC2CCCC2)S(C)(=O)=O)cc1. The fourth-order valence-electron chi connectivity index (χ4n) is 5.22. The largest absolute Gasteiger partial charge is 0.352 e. The van der Waals surface area contributed by atoms with Gasteiger partial charge < -0.3 is 10.2 Å². The fraction of sp³-hybridized carbons (Fsp3) is 0.375. The maximum Gasteiger partial charge on any atom is 0.244 e. The molecule has 1 aliphatic carbocycles. The van der Waals surface area contributed by atoms with Crippen LogP contribution < -0.4 is 9.62 Å². The quantitative estimate of drug-likeness (QED) is 0.305. The predicted molar refractivity (Wildman–Crippen MR) is 164 cm³/mol. The van der Waals surface area contributed by atoms with Crippen molar-refractivity contribution in [1.29, 1.82) is 0 Å². The minimum absolute atomic E-state index is 0.0675. The Hall–Kier alpha value is -3.36. The molecular formula is C32H38ClN3O4S. The molecule has 218 valence electrons. The van der Waals surface area contributed by atoms with E-state index < -0.39 is 28.5 Å². The van der Waals surface area contributed by atoms with Gasteiger partial charge in [0.05, 0.1) is 11.9 Å². The molecular weight excluding hydrogens is 558 g/mol. The summed E-state index contributed by atoms with van der Waals surface area (Å²) in [5.74, 6) is -0.700. The molecule has 0 spiro atoms. The molecule has 3 aromatic carbocycles. The highest BCUT2D eigenvalue weighted by Crippen LogP contribution is 2.23. The van der Waals surface area contributed by atoms with Crippen molar-refractivity contribution in [2.75, 3.05) is 17.1 Å². The number of anilines is 1. The van der Waals surface area contributed by atoms with Gasteiger partial charge in [-0.2, -0.15) is 0 Å². The van der Waals surface area contributed by atoms with Crippen molar-refractivity contribution in [1.82, 2.24) is 10.2 Å². The lowest BCUT2D eigenvalue weighted by Gasteiger charge is -2.34. The van der Waals surface area contributed by atoms with Crippen molar-refractivity contribution in [3.05, 3.63) is 101 Å². The Morgan fingerprint density at radius 3 is 2.10 bits per heavy atom. The number of nitrogens with one attached hydrogen (secondary N) is 1. The first-order chi connectivity index (χ1) is 19.6. The van der Waals surface area contributed by atoms with E-state index in [1.165, 1.54) is 4.90 Å². The lowest BCUT2D eigenvalue weighted by Crippen LogP contribution is -2.54. The molecule has 9 heteroatoms. The molecule has 1 unspecified atom stereocenters. The van der Waals surface area contributed by atoms with Gasteiger partial charge in [-0.25, -0.2) is 8.42 Å². The van der Waals surface area contributed by atoms with E-state index in [2.05, 4.69) is 5.32 Å². The molecule has 41 heavy (non-hydrogen) atoms. The van der Waals surface area contributed by atoms with E-state index in [0.717, 1.165) is 59.4 Å². The summed E-state index contributed by atoms with van der Waals surface area (Å²) < 4.78 is 27.0. The molecule has 0 saturated heterocycles. The molecule has 1 N–H and O–H groups in total. The predicted octanol–water partition coefficient (Wildman–Crippen LogP) is 5.37. The van der Waals surface area contributed by atoms with Gasteiger partial charge in [0.1, 0.15) is 12.6 Å². The first kappa shape index (κ1) is 30.6. The van der Waals surface area contributed by atoms with Crippen LogP contribution in [0.25, 0.3) is 0 Å². The standard InChI is InChI=1S/C32H38ClN3O4S/c1-3-24-15-19-29(20-16-24)36(41(2,39)40)23-31(37)35(22-26-13-17-27(33)18-14-26)30(21-25-9-5-4-6-10-25)32(38)34-28-11-7-8-12-28/h4-6,9-10,13-20,28,30H,3,7-8,11-12,21-23H2,1-2H3,(H,34,38). The Morgan fingerprint density at radius 2 is 1.51 bits per heavy atom. The Morgan fingerprint density at radius 1 is 0.902 bits per heavy atom. The summed E-state index contributed by atoms with van der Waals surface area (Å²) in [5, 5.41) is 3.73. The van der Waals surface area contributed by atoms with Crippen molar-refractivity contribution < 1.29 is 18.0 Å². The number of halogens is 1. The summed E-state index contributed by atoms with van der Waals surface area (Å²) in [5.41, 5.74) is 3.15. The number of nitrogens with zero attached hydrogens (tertiary/aromatic N) is 2. The maximum absolute atomic E-state index is 14.2. The first-order valence-corrected chi connectivity index (χ1v) is 16.3. The van der Waals surface area contributed by atoms with Gasteiger partial charge in [0.25, 0.3) is 0 Å². The molecule has 0 aliphatic heterocycles. The molecule has 0 bridgehead atoms. The van der Waals surface area contributed by atoms with Crippen molar-refractivity contribution in [3.63, 3.8) is 0 Å². The van der Waals surface area contributed by atoms with Gasteiger partial charge in [-0.1, -0.05) is 86.0 Å². The number of hydrogen-bond acceptors (Lipinski definition) is 4. The van der Waals surface area contributed by atoms with Gasteiger partial charge in [-0.3, -0.25) is 13.9 Å². The first-order valence-electron chi connectivity index (χ1n) is 14.1. The topological polar surface area (TPSA) is 86.8 Å². The Kier molecular flexibility index (Phi) is 10.5. The molecule has 0 radical (unpaired) electrons. The molecule has 1 aliphatic rings. The number of aryl methyl sites for hydroxylation is 1. The van der Waals surface area contributed by atoms with Gasteiger partial charge in [-0.15, -0.1) is 0 Å². The summed E-state index contributed by atoms with van der Waals surface area (Å²) in [6.07, 6.45) is 6.12. The third-order valence-corrected chi connectivity index (χ3v) is 8.94. The van der Waals surface area contributed by atoms with E-state index in [-0.39, 0.29) is 18.5 Å². The van der Waals surface area contributed by atoms with E-state index >= 15 is 0 Å². The number of amides is 2. The average Bonchev–Trinajstić information content (AvgIpc) is 3.47. The van der Waals surface area contributed by atoms with E-state index in [1.54, 1.807) is 24.3 Å². The average molecular weight is 596 g/mol. The highest BCUT2D eigenvalue weighted by atomic mass is 35.5. The van der Waals surface area contributed by atoms with Crippen LogP contribution in [0.3, 0.4) is 0 Å². The smallest absolute Gasteiger partial charge is 0.244 e. The molecule has 1 atom stereocenters. The third kappa shape index (κ3) is 8.57. The fourth-order valence-corrected chi connectivity index (χ4v) is 6.20. The minimum Gasteiger partial charge on any atom is -0.352 e. The molecule has 3 aromatic rings. The molecule has 7 nitrogen and oxygen atoms in total. The number of carbonyl (C=O) groups excluding carboxylic acids is 2. The van der Waals surface area contributed by atoms with E-state index in [4.69, 9.17) is 11.6 Å². The van der Waals surface area contributed by atoms with Crippen LogP contribution in [0, 0.1) is 0 Å². The number of benzene rings is 3. The van der Waals surface area contributed by atoms with Crippen LogP contribution in [-0.2, 0) is 39.0 Å². The van der Waals surface area contributed by atoms with Gasteiger partial charge in [-0.05, 0) is 60.2 Å². The van der Waals surface area contributed by atoms with Crippen molar-refractivity contribution in [3.8, 4) is 0 Å². The van der Waals surface area contributed by atoms with E-state index in [0.29, 0.717) is 17.1 Å². The van der Waals surface area contributed by atoms with E-state index in [1.807, 2.05) is 61.5 Å². The second-order valence-corrected chi connectivity index (χ2v) is 13.0. The summed E-state index contributed by atoms with van der Waals surface area (Å²) in [4.78, 5) is 29.5. The molecule has 0 aromatic heterocycles. The summed E-state index contributed by atoms with van der Waals surface area (Å²) in [7, 11) is -3.80. The van der Waals surface area contributed by atoms with Crippen LogP contribution in [0.2, 0.25) is 5.02 Å². The van der Waals surface area contributed by atoms with Crippen molar-refractivity contribution in [2.24, 2.45) is 0 Å². The molecule has 1 saturated carbocycles. The summed E-state index contributed by atoms with van der Waals surface area (Å²) in [6.45, 7) is 1.71. The number of sulfonamides is 1. The highest BCUT2D eigenvalue weighted by Gasteiger charge is 2.34. The normalized spacial score (nSPS) is 14.4. The van der Waals surface area contributed by atoms with Gasteiger partial charge >= 0.3 is 0 Å². The van der Waals surface area contributed by atoms with E-state index in [9.17, 15) is 18.0 Å². The van der Waals surface area contributed by atoms with Crippen LogP contribution in [0.4, 0.5) is 5.69 Å². The van der Waals surface area contributed by atoms with Crippen LogP contribution in [-0.4, -0.2) is 50.0 Å². The number of rotatable bonds is 12. The number of carbonyl (C=O) groups is 2. The monoisotopic (exact) mass is 595 g/mol. The second-order valence-electron chi connectivity index (χ2n) is 10.6. The summed E-state index contributed by atoms with van der Waals surface area (Å²) in [6, 6.07) is 23.0. The molecule has 1 fully saturated rings. The van der Waals surface area contributed by atoms with Gasteiger partial charge in [0, 0.05) is 24.0 Å². The molecule has 2 amide bonds. The second kappa shape index (κ2) is 14.0. The lowest BCUT2D eigenvalue weighted by molar-refractivity contribution is -0.140. The summed E-state index contributed by atoms with van der Waals surface area (Å²) >= 11 is 6.12. The van der Waals surface area contributed by atoms with Crippen LogP contribution in [0.5, 0.6) is 0 Å². The van der Waals surface area contributed by atoms with Crippen molar-refractivity contribution in [2.45, 2.75) is 64.1 Å². The zero-order chi connectivity index (χ0) is 29.4. The van der Waals surface area contributed by atoms with Crippen LogP contribution in [0.1, 0.15) is 49.3 Å². The number of hydrogen-bond donors (Lipinski definition) is 1. The Labute approximate surface area is 248 Å². The van der Waals surface area contributed by atoms with Crippen molar-refractivity contribution >= 4 is 39.1 Å². The maximum atomic E-state index is 14.2. The minimum atomic E-state index is -3.80. The zero-order valence-electron chi connectivity index (χ0n) is 23.6. The van der Waals surface area contributed by atoms with Crippen LogP contribution in [0.15, 0.2) is 78.9 Å². The Bertz CT molecular complexity index is 1410. The molecule has 4 rings (SSSR count). The molecule has 0 heterocycles. The van der Waals surface area contributed by atoms with Crippen LogP contribution >= 0.6 is 11.6 Å². The van der Waals surface area contributed by atoms with Gasteiger partial charge in [0.2, 0.25) is 21.8 Å². The van der Waals surface area contributed by atoms with Gasteiger partial charge in [0.15, 0.2) is 0 Å². The third-order valence-electron chi connectivity index (χ3n) is 7.55. The Balaban J connectivity index is 1.71. The highest BCUT2D eigenvalue weighted by molar-refractivity contribution is 7.92. The zero-order valence-corrected chi connectivity index (χ0v) is 25.2. The lowest BCUT2D eigenvalue weighted by atomic mass is 10.0.